The molecule has 0 atom stereocenters. The molecule has 0 aliphatic carbocycles. The zero-order valence-electron chi connectivity index (χ0n) is 13.2. The summed E-state index contributed by atoms with van der Waals surface area (Å²) >= 11 is 0. The Hall–Kier alpha value is -3.11. The second-order valence-corrected chi connectivity index (χ2v) is 5.41. The van der Waals surface area contributed by atoms with Gasteiger partial charge in [-0.05, 0) is 0 Å². The summed E-state index contributed by atoms with van der Waals surface area (Å²) < 4.78 is 5.52. The fraction of sp³-hybridized carbons (Fsp3) is 0.0500. The molecule has 0 aromatic heterocycles. The quantitative estimate of drug-likeness (QED) is 0.547. The van der Waals surface area contributed by atoms with E-state index in [9.17, 15) is 4.79 Å². The topological polar surface area (TPSA) is 52.3 Å². The van der Waals surface area contributed by atoms with E-state index in [1.54, 1.807) is 0 Å². The van der Waals surface area contributed by atoms with Crippen molar-refractivity contribution in [2.24, 2.45) is 5.73 Å². The summed E-state index contributed by atoms with van der Waals surface area (Å²) in [4.78, 5) is 11.3. The number of para-hydroxylation sites is 3. The van der Waals surface area contributed by atoms with Crippen LogP contribution in [0.3, 0.4) is 0 Å². The zero-order chi connectivity index (χ0) is 16.8. The van der Waals surface area contributed by atoms with E-state index in [4.69, 9.17) is 10.5 Å². The number of carbonyl (C=O) groups is 1. The summed E-state index contributed by atoms with van der Waals surface area (Å²) in [5.74, 6) is 0. The third kappa shape index (κ3) is 3.00. The van der Waals surface area contributed by atoms with E-state index < -0.39 is 6.09 Å². The molecule has 1 amide bonds. The summed E-state index contributed by atoms with van der Waals surface area (Å²) in [7, 11) is 0. The number of hydrogen-bond donors (Lipinski definition) is 1. The van der Waals surface area contributed by atoms with Gasteiger partial charge in [-0.25, -0.2) is 4.79 Å². The predicted molar refractivity (Wildman–Crippen MR) is 96.0 cm³/mol. The summed E-state index contributed by atoms with van der Waals surface area (Å²) in [6.07, 6.45) is -0.791. The van der Waals surface area contributed by atoms with Gasteiger partial charge in [-0.3, -0.25) is 0 Å². The van der Waals surface area contributed by atoms with Crippen molar-refractivity contribution in [2.45, 2.75) is 0 Å². The van der Waals surface area contributed by atoms with E-state index >= 15 is 0 Å². The molecule has 0 saturated carbocycles. The molecule has 0 spiro atoms. The van der Waals surface area contributed by atoms with E-state index in [0.717, 1.165) is 17.1 Å². The molecule has 0 heterocycles. The van der Waals surface area contributed by atoms with Crippen molar-refractivity contribution in [1.29, 1.82) is 0 Å². The molecular weight excluding hydrogens is 300 g/mol. The molecule has 24 heavy (non-hydrogen) atoms. The second kappa shape index (κ2) is 6.98. The molecule has 0 fully saturated rings. The second-order valence-electron chi connectivity index (χ2n) is 5.41. The monoisotopic (exact) mass is 319 g/mol. The average Bonchev–Trinajstić information content (AvgIpc) is 2.65. The molecule has 3 rings (SSSR count). The number of hydrogen-bond acceptors (Lipinski definition) is 2. The summed E-state index contributed by atoms with van der Waals surface area (Å²) in [6.45, 7) is 0.0768. The zero-order valence-corrected chi connectivity index (χ0v) is 13.2. The standard InChI is InChI=1S/C20H18N2O2/c21-20(23)24-16-22(17-10-4-1-5-11-17,18-12-6-2-7-13-18)19-14-8-3-9-15-19/h1-15H,16H2,(H-,21,23)/p+1. The van der Waals surface area contributed by atoms with Crippen molar-refractivity contribution >= 4 is 23.2 Å². The van der Waals surface area contributed by atoms with Crippen molar-refractivity contribution in [3.05, 3.63) is 91.0 Å². The molecule has 0 aliphatic heterocycles. The highest BCUT2D eigenvalue weighted by atomic mass is 16.6. The molecule has 3 aromatic rings. The lowest BCUT2D eigenvalue weighted by molar-refractivity contribution is 0.124. The number of nitrogens with two attached hydrogens (primary N) is 1. The van der Waals surface area contributed by atoms with Gasteiger partial charge in [0.1, 0.15) is 17.1 Å². The Balaban J connectivity index is 2.26. The largest absolute Gasteiger partial charge is 0.408 e. The first kappa shape index (κ1) is 15.8. The first-order valence-corrected chi connectivity index (χ1v) is 7.70. The number of nitrogens with zero attached hydrogens (tertiary/aromatic N) is 1. The van der Waals surface area contributed by atoms with Crippen molar-refractivity contribution in [3.63, 3.8) is 0 Å². The summed E-state index contributed by atoms with van der Waals surface area (Å²) in [5.41, 5.74) is 8.21. The predicted octanol–water partition coefficient (Wildman–Crippen LogP) is 4.71. The van der Waals surface area contributed by atoms with Gasteiger partial charge in [-0.15, -0.1) is 0 Å². The fourth-order valence-electron chi connectivity index (χ4n) is 2.88. The van der Waals surface area contributed by atoms with Crippen LogP contribution < -0.4 is 10.2 Å². The van der Waals surface area contributed by atoms with Crippen LogP contribution in [0.5, 0.6) is 0 Å². The minimum Gasteiger partial charge on any atom is -0.398 e. The number of amides is 1. The smallest absolute Gasteiger partial charge is 0.398 e. The molecule has 0 aliphatic rings. The van der Waals surface area contributed by atoms with Gasteiger partial charge in [0.25, 0.3) is 0 Å². The van der Waals surface area contributed by atoms with Gasteiger partial charge in [0.15, 0.2) is 0 Å². The SMILES string of the molecule is NC(=O)OC[N+](c1ccccc1)(c1ccccc1)c1ccccc1. The summed E-state index contributed by atoms with van der Waals surface area (Å²) in [5, 5.41) is 0. The summed E-state index contributed by atoms with van der Waals surface area (Å²) in [6, 6.07) is 29.8. The molecule has 0 unspecified atom stereocenters. The highest BCUT2D eigenvalue weighted by Crippen LogP contribution is 2.43. The number of carbonyl (C=O) groups excluding carboxylic acids is 1. The third-order valence-electron chi connectivity index (χ3n) is 3.99. The molecule has 0 radical (unpaired) electrons. The Morgan fingerprint density at radius 3 is 1.33 bits per heavy atom. The lowest BCUT2D eigenvalue weighted by Crippen LogP contribution is -2.42. The maximum atomic E-state index is 11.3. The van der Waals surface area contributed by atoms with Crippen LogP contribution in [-0.4, -0.2) is 12.8 Å². The molecule has 4 nitrogen and oxygen atoms in total. The Labute approximate surface area is 141 Å². The van der Waals surface area contributed by atoms with Gasteiger partial charge in [-0.2, -0.15) is 4.48 Å². The molecule has 2 N–H and O–H groups in total. The van der Waals surface area contributed by atoms with Crippen LogP contribution in [0, 0.1) is 0 Å². The average molecular weight is 319 g/mol. The van der Waals surface area contributed by atoms with Crippen molar-refractivity contribution < 1.29 is 9.53 Å². The number of quaternary nitrogens is 1. The first-order chi connectivity index (χ1) is 11.7. The van der Waals surface area contributed by atoms with Crippen molar-refractivity contribution in [2.75, 3.05) is 6.73 Å². The van der Waals surface area contributed by atoms with Crippen LogP contribution in [0.15, 0.2) is 91.0 Å². The highest BCUT2D eigenvalue weighted by Gasteiger charge is 2.37. The van der Waals surface area contributed by atoms with E-state index in [0.29, 0.717) is 0 Å². The Kier molecular flexibility index (Phi) is 4.59. The number of benzene rings is 3. The Morgan fingerprint density at radius 1 is 0.708 bits per heavy atom. The number of rotatable bonds is 5. The van der Waals surface area contributed by atoms with Crippen LogP contribution in [0.4, 0.5) is 21.9 Å². The molecule has 120 valence electrons. The van der Waals surface area contributed by atoms with Gasteiger partial charge in [-0.1, -0.05) is 54.6 Å². The van der Waals surface area contributed by atoms with Gasteiger partial charge in [0, 0.05) is 36.4 Å². The maximum absolute atomic E-state index is 11.3. The van der Waals surface area contributed by atoms with E-state index in [1.807, 2.05) is 91.0 Å². The van der Waals surface area contributed by atoms with Crippen LogP contribution in [0.1, 0.15) is 0 Å². The van der Waals surface area contributed by atoms with E-state index in [1.165, 1.54) is 0 Å². The van der Waals surface area contributed by atoms with Crippen LogP contribution in [0.25, 0.3) is 0 Å². The van der Waals surface area contributed by atoms with Gasteiger partial charge in [0.2, 0.25) is 6.73 Å². The van der Waals surface area contributed by atoms with E-state index in [2.05, 4.69) is 0 Å². The van der Waals surface area contributed by atoms with Gasteiger partial charge in [0.05, 0.1) is 0 Å². The maximum Gasteiger partial charge on any atom is 0.408 e. The lowest BCUT2D eigenvalue weighted by atomic mass is 10.1. The molecule has 4 heteroatoms. The van der Waals surface area contributed by atoms with Crippen LogP contribution in [-0.2, 0) is 4.74 Å². The van der Waals surface area contributed by atoms with Crippen LogP contribution in [0.2, 0.25) is 0 Å². The third-order valence-corrected chi connectivity index (χ3v) is 3.99. The highest BCUT2D eigenvalue weighted by molar-refractivity contribution is 5.71. The van der Waals surface area contributed by atoms with Crippen LogP contribution >= 0.6 is 0 Å². The molecular formula is C20H19N2O2+. The molecule has 0 bridgehead atoms. The Bertz CT molecular complexity index is 693. The van der Waals surface area contributed by atoms with Crippen molar-refractivity contribution in [1.82, 2.24) is 4.48 Å². The first-order valence-electron chi connectivity index (χ1n) is 7.70. The minimum absolute atomic E-state index is 0.0768. The van der Waals surface area contributed by atoms with E-state index in [-0.39, 0.29) is 11.2 Å². The van der Waals surface area contributed by atoms with Gasteiger partial charge < -0.3 is 10.5 Å². The lowest BCUT2D eigenvalue weighted by Gasteiger charge is -2.36. The number of primary amides is 1. The minimum atomic E-state index is -0.791. The fourth-order valence-corrected chi connectivity index (χ4v) is 2.88. The molecule has 0 saturated heterocycles. The Morgan fingerprint density at radius 2 is 1.04 bits per heavy atom. The normalized spacial score (nSPS) is 11.0. The number of ether oxygens (including phenoxy) is 1. The molecule has 3 aromatic carbocycles. The van der Waals surface area contributed by atoms with Crippen molar-refractivity contribution in [3.8, 4) is 0 Å². The van der Waals surface area contributed by atoms with Gasteiger partial charge >= 0.3 is 6.09 Å².